The van der Waals surface area contributed by atoms with Gasteiger partial charge in [-0.1, -0.05) is 34.1 Å². The highest BCUT2D eigenvalue weighted by Gasteiger charge is 2.39. The molecular weight excluding hydrogens is 450 g/mol. The maximum Gasteiger partial charge on any atom is 0.411 e. The van der Waals surface area contributed by atoms with Gasteiger partial charge in [-0.25, -0.2) is 9.59 Å². The van der Waals surface area contributed by atoms with Gasteiger partial charge in [0.05, 0.1) is 7.11 Å². The van der Waals surface area contributed by atoms with Gasteiger partial charge in [0.25, 0.3) is 0 Å². The minimum absolute atomic E-state index is 0.359. The van der Waals surface area contributed by atoms with Crippen molar-refractivity contribution in [2.75, 3.05) is 13.7 Å². The molecule has 7 heteroatoms. The molecule has 30 heavy (non-hydrogen) atoms. The number of nitrogens with zero attached hydrogens (tertiary/aromatic N) is 1. The highest BCUT2D eigenvalue weighted by molar-refractivity contribution is 9.10. The predicted octanol–water partition coefficient (Wildman–Crippen LogP) is 5.04. The molecule has 160 valence electrons. The van der Waals surface area contributed by atoms with Crippen LogP contribution in [0, 0.1) is 0 Å². The molecule has 2 aromatic carbocycles. The fourth-order valence-electron chi connectivity index (χ4n) is 3.32. The van der Waals surface area contributed by atoms with Crippen LogP contribution in [0.3, 0.4) is 0 Å². The Balaban J connectivity index is 1.80. The van der Waals surface area contributed by atoms with E-state index in [2.05, 4.69) is 15.9 Å². The summed E-state index contributed by atoms with van der Waals surface area (Å²) in [6.45, 7) is 6.19. The van der Waals surface area contributed by atoms with Crippen molar-refractivity contribution in [3.63, 3.8) is 0 Å². The van der Waals surface area contributed by atoms with Gasteiger partial charge in [0.2, 0.25) is 0 Å². The van der Waals surface area contributed by atoms with E-state index in [9.17, 15) is 9.59 Å². The zero-order valence-electron chi connectivity index (χ0n) is 17.6. The van der Waals surface area contributed by atoms with Crippen molar-refractivity contribution in [1.82, 2.24) is 4.90 Å². The summed E-state index contributed by atoms with van der Waals surface area (Å²) in [5.74, 6) is 0.219. The Kier molecular flexibility index (Phi) is 6.71. The largest absolute Gasteiger partial charge is 0.489 e. The molecule has 0 aliphatic carbocycles. The predicted molar refractivity (Wildman–Crippen MR) is 116 cm³/mol. The van der Waals surface area contributed by atoms with Crippen LogP contribution < -0.4 is 4.74 Å². The molecule has 1 aliphatic heterocycles. The summed E-state index contributed by atoms with van der Waals surface area (Å²) in [5, 5.41) is 0. The van der Waals surface area contributed by atoms with Gasteiger partial charge in [0, 0.05) is 11.0 Å². The summed E-state index contributed by atoms with van der Waals surface area (Å²) in [6.07, 6.45) is 0.0662. The van der Waals surface area contributed by atoms with E-state index in [0.717, 1.165) is 21.2 Å². The first-order chi connectivity index (χ1) is 14.2. The minimum Gasteiger partial charge on any atom is -0.489 e. The lowest BCUT2D eigenvalue weighted by atomic mass is 9.92. The number of halogens is 1. The van der Waals surface area contributed by atoms with E-state index in [1.54, 1.807) is 20.8 Å². The lowest BCUT2D eigenvalue weighted by Gasteiger charge is -2.36. The van der Waals surface area contributed by atoms with Gasteiger partial charge in [0.15, 0.2) is 6.04 Å². The molecule has 0 unspecified atom stereocenters. The van der Waals surface area contributed by atoms with E-state index in [1.165, 1.54) is 12.0 Å². The van der Waals surface area contributed by atoms with Crippen molar-refractivity contribution in [2.45, 2.75) is 45.4 Å². The number of hydrogen-bond donors (Lipinski definition) is 0. The van der Waals surface area contributed by atoms with Gasteiger partial charge in [-0.05, 0) is 68.1 Å². The SMILES string of the molecule is COC(=O)[C@H]1c2ccc(OCc3ccc(Br)cc3)cc2CCN1C(=O)OC(C)(C)C. The average molecular weight is 476 g/mol. The van der Waals surface area contributed by atoms with Crippen LogP contribution in [0.25, 0.3) is 0 Å². The van der Waals surface area contributed by atoms with E-state index < -0.39 is 23.7 Å². The van der Waals surface area contributed by atoms with Gasteiger partial charge in [-0.15, -0.1) is 0 Å². The molecule has 0 N–H and O–H groups in total. The van der Waals surface area contributed by atoms with Gasteiger partial charge >= 0.3 is 12.1 Å². The third-order valence-corrected chi connectivity index (χ3v) is 5.24. The maximum absolute atomic E-state index is 12.7. The molecule has 1 amide bonds. The molecule has 3 rings (SSSR count). The van der Waals surface area contributed by atoms with Gasteiger partial charge in [-0.2, -0.15) is 0 Å². The van der Waals surface area contributed by atoms with Crippen LogP contribution in [0.2, 0.25) is 0 Å². The lowest BCUT2D eigenvalue weighted by molar-refractivity contribution is -0.147. The number of hydrogen-bond acceptors (Lipinski definition) is 5. The van der Waals surface area contributed by atoms with Crippen molar-refractivity contribution in [1.29, 1.82) is 0 Å². The fraction of sp³-hybridized carbons (Fsp3) is 0.391. The lowest BCUT2D eigenvalue weighted by Crippen LogP contribution is -2.46. The Labute approximate surface area is 185 Å². The zero-order valence-corrected chi connectivity index (χ0v) is 19.2. The third-order valence-electron chi connectivity index (χ3n) is 4.71. The van der Waals surface area contributed by atoms with E-state index in [1.807, 2.05) is 42.5 Å². The first kappa shape index (κ1) is 22.2. The topological polar surface area (TPSA) is 65.1 Å². The van der Waals surface area contributed by atoms with E-state index in [0.29, 0.717) is 25.3 Å². The Morgan fingerprint density at radius 3 is 2.47 bits per heavy atom. The number of ether oxygens (including phenoxy) is 3. The highest BCUT2D eigenvalue weighted by Crippen LogP contribution is 2.34. The molecule has 6 nitrogen and oxygen atoms in total. The molecular formula is C23H26BrNO5. The van der Waals surface area contributed by atoms with Gasteiger partial charge in [-0.3, -0.25) is 4.90 Å². The van der Waals surface area contributed by atoms with E-state index >= 15 is 0 Å². The number of fused-ring (bicyclic) bond motifs is 1. The fourth-order valence-corrected chi connectivity index (χ4v) is 3.59. The summed E-state index contributed by atoms with van der Waals surface area (Å²) in [5.41, 5.74) is 2.09. The third kappa shape index (κ3) is 5.33. The maximum atomic E-state index is 12.7. The molecule has 1 atom stereocenters. The van der Waals surface area contributed by atoms with Crippen LogP contribution in [-0.2, 0) is 27.3 Å². The van der Waals surface area contributed by atoms with Crippen molar-refractivity contribution >= 4 is 28.0 Å². The smallest absolute Gasteiger partial charge is 0.411 e. The Morgan fingerprint density at radius 2 is 1.83 bits per heavy atom. The number of benzene rings is 2. The standard InChI is InChI=1S/C23H26BrNO5/c1-23(2,3)30-22(27)25-12-11-16-13-18(9-10-19(16)20(25)21(26)28-4)29-14-15-5-7-17(24)8-6-15/h5-10,13,20H,11-12,14H2,1-4H3/t20-/m1/s1. The quantitative estimate of drug-likeness (QED) is 0.579. The normalized spacial score (nSPS) is 15.9. The number of esters is 1. The number of methoxy groups -OCH3 is 1. The molecule has 1 heterocycles. The first-order valence-electron chi connectivity index (χ1n) is 9.75. The number of rotatable bonds is 4. The van der Waals surface area contributed by atoms with Crippen molar-refractivity contribution in [3.05, 3.63) is 63.6 Å². The van der Waals surface area contributed by atoms with Crippen LogP contribution in [0.1, 0.15) is 43.5 Å². The summed E-state index contributed by atoms with van der Waals surface area (Å²) in [7, 11) is 1.32. The monoisotopic (exact) mass is 475 g/mol. The average Bonchev–Trinajstić information content (AvgIpc) is 2.70. The van der Waals surface area contributed by atoms with Crippen LogP contribution in [0.5, 0.6) is 5.75 Å². The second-order valence-electron chi connectivity index (χ2n) is 8.13. The summed E-state index contributed by atoms with van der Waals surface area (Å²) in [6, 6.07) is 12.7. The second kappa shape index (κ2) is 9.08. The summed E-state index contributed by atoms with van der Waals surface area (Å²) >= 11 is 3.42. The molecule has 0 saturated heterocycles. The molecule has 0 fully saturated rings. The second-order valence-corrected chi connectivity index (χ2v) is 9.04. The van der Waals surface area contributed by atoms with Crippen LogP contribution in [0.4, 0.5) is 4.79 Å². The number of amides is 1. The van der Waals surface area contributed by atoms with E-state index in [-0.39, 0.29) is 0 Å². The molecule has 0 spiro atoms. The van der Waals surface area contributed by atoms with Crippen molar-refractivity contribution in [3.8, 4) is 5.75 Å². The zero-order chi connectivity index (χ0) is 21.9. The van der Waals surface area contributed by atoms with E-state index in [4.69, 9.17) is 14.2 Å². The van der Waals surface area contributed by atoms with Crippen LogP contribution in [0.15, 0.2) is 46.9 Å². The number of carbonyl (C=O) groups is 2. The molecule has 1 aliphatic rings. The molecule has 2 aromatic rings. The van der Waals surface area contributed by atoms with Crippen molar-refractivity contribution in [2.24, 2.45) is 0 Å². The molecule has 0 bridgehead atoms. The van der Waals surface area contributed by atoms with Crippen LogP contribution >= 0.6 is 15.9 Å². The summed E-state index contributed by atoms with van der Waals surface area (Å²) in [4.78, 5) is 26.6. The minimum atomic E-state index is -0.839. The molecule has 0 radical (unpaired) electrons. The Bertz CT molecular complexity index is 920. The Hall–Kier alpha value is -2.54. The molecule has 0 aromatic heterocycles. The number of carbonyl (C=O) groups excluding carboxylic acids is 2. The first-order valence-corrected chi connectivity index (χ1v) is 10.5. The summed E-state index contributed by atoms with van der Waals surface area (Å²) < 4.78 is 17.4. The Morgan fingerprint density at radius 1 is 1.13 bits per heavy atom. The van der Waals surface area contributed by atoms with Crippen molar-refractivity contribution < 1.29 is 23.8 Å². The van der Waals surface area contributed by atoms with Gasteiger partial charge < -0.3 is 14.2 Å². The molecule has 0 saturated carbocycles. The van der Waals surface area contributed by atoms with Gasteiger partial charge in [0.1, 0.15) is 18.0 Å². The van der Waals surface area contributed by atoms with Crippen LogP contribution in [-0.4, -0.2) is 36.2 Å². The highest BCUT2D eigenvalue weighted by atomic mass is 79.9.